The van der Waals surface area contributed by atoms with Crippen molar-refractivity contribution in [3.63, 3.8) is 0 Å². The predicted molar refractivity (Wildman–Crippen MR) is 122 cm³/mol. The molecule has 0 bridgehead atoms. The third-order valence-electron chi connectivity index (χ3n) is 4.89. The number of amidine groups is 1. The molecule has 2 unspecified atom stereocenters. The summed E-state index contributed by atoms with van der Waals surface area (Å²) in [4.78, 5) is 18.6. The number of sulfone groups is 1. The van der Waals surface area contributed by atoms with Crippen molar-refractivity contribution in [1.82, 2.24) is 0 Å². The zero-order valence-electron chi connectivity index (χ0n) is 15.9. The van der Waals surface area contributed by atoms with Gasteiger partial charge in [-0.1, -0.05) is 41.0 Å². The van der Waals surface area contributed by atoms with E-state index < -0.39 is 15.7 Å². The second kappa shape index (κ2) is 8.42. The second-order valence-electron chi connectivity index (χ2n) is 7.13. The number of carbonyl (C=O) groups is 1. The zero-order valence-corrected chi connectivity index (χ0v) is 19.1. The lowest BCUT2D eigenvalue weighted by Crippen LogP contribution is -2.38. The average molecular weight is 485 g/mol. The molecule has 2 fully saturated rings. The molecule has 10 heteroatoms. The molecule has 2 aliphatic heterocycles. The number of fused-ring (bicyclic) bond motifs is 1. The average Bonchev–Trinajstić information content (AvgIpc) is 3.14. The number of nitrogens with zero attached hydrogens (tertiary/aromatic N) is 2. The van der Waals surface area contributed by atoms with Crippen LogP contribution >= 0.6 is 35.0 Å². The van der Waals surface area contributed by atoms with Crippen LogP contribution in [0.15, 0.2) is 47.5 Å². The topological polar surface area (TPSA) is 76.0 Å². The van der Waals surface area contributed by atoms with Gasteiger partial charge in [-0.25, -0.2) is 8.42 Å². The van der Waals surface area contributed by atoms with Crippen molar-refractivity contribution >= 4 is 61.6 Å². The Balaban J connectivity index is 1.59. The van der Waals surface area contributed by atoms with Crippen LogP contribution in [0, 0.1) is 6.92 Å². The molecular formula is C20H18Cl2N2O4S2. The number of ether oxygens (including phenoxy) is 1. The normalized spacial score (nSPS) is 23.6. The molecule has 2 aliphatic rings. The molecule has 158 valence electrons. The van der Waals surface area contributed by atoms with Crippen LogP contribution < -0.4 is 9.64 Å². The highest BCUT2D eigenvalue weighted by molar-refractivity contribution is 8.16. The highest BCUT2D eigenvalue weighted by Gasteiger charge is 2.49. The van der Waals surface area contributed by atoms with E-state index in [9.17, 15) is 13.2 Å². The summed E-state index contributed by atoms with van der Waals surface area (Å²) in [5.41, 5.74) is 1.67. The molecule has 30 heavy (non-hydrogen) atoms. The molecular weight excluding hydrogens is 467 g/mol. The molecule has 6 nitrogen and oxygen atoms in total. The van der Waals surface area contributed by atoms with Crippen molar-refractivity contribution in [3.05, 3.63) is 58.1 Å². The quantitative estimate of drug-likeness (QED) is 0.652. The molecule has 4 rings (SSSR count). The van der Waals surface area contributed by atoms with Gasteiger partial charge in [-0.2, -0.15) is 4.99 Å². The molecule has 0 radical (unpaired) electrons. The van der Waals surface area contributed by atoms with Crippen LogP contribution in [0.1, 0.15) is 5.56 Å². The zero-order chi connectivity index (χ0) is 21.5. The summed E-state index contributed by atoms with van der Waals surface area (Å²) in [7, 11) is -3.14. The molecule has 2 aromatic rings. The second-order valence-corrected chi connectivity index (χ2v) is 11.4. The number of halogens is 2. The fourth-order valence-electron chi connectivity index (χ4n) is 3.50. The minimum Gasteiger partial charge on any atom is -0.484 e. The Hall–Kier alpha value is -1.74. The van der Waals surface area contributed by atoms with E-state index in [4.69, 9.17) is 27.9 Å². The minimum absolute atomic E-state index is 0.0190. The Morgan fingerprint density at radius 1 is 1.17 bits per heavy atom. The summed E-state index contributed by atoms with van der Waals surface area (Å²) in [6.07, 6.45) is 0. The lowest BCUT2D eigenvalue weighted by molar-refractivity contribution is -0.119. The van der Waals surface area contributed by atoms with E-state index in [1.54, 1.807) is 36.4 Å². The molecule has 0 aromatic heterocycles. The van der Waals surface area contributed by atoms with Crippen molar-refractivity contribution in [2.75, 3.05) is 23.0 Å². The molecule has 0 spiro atoms. The number of aryl methyl sites for hydroxylation is 1. The van der Waals surface area contributed by atoms with Gasteiger partial charge in [0.1, 0.15) is 5.75 Å². The first-order valence-corrected chi connectivity index (χ1v) is 12.6. The van der Waals surface area contributed by atoms with Crippen molar-refractivity contribution in [2.45, 2.75) is 18.2 Å². The molecule has 0 N–H and O–H groups in total. The Labute approximate surface area is 189 Å². The van der Waals surface area contributed by atoms with E-state index in [0.29, 0.717) is 21.0 Å². The van der Waals surface area contributed by atoms with Crippen molar-refractivity contribution in [1.29, 1.82) is 0 Å². The van der Waals surface area contributed by atoms with Crippen LogP contribution in [0.2, 0.25) is 10.0 Å². The van der Waals surface area contributed by atoms with Crippen LogP contribution in [0.5, 0.6) is 5.75 Å². The number of amides is 1. The van der Waals surface area contributed by atoms with Crippen LogP contribution in [-0.4, -0.2) is 48.9 Å². The van der Waals surface area contributed by atoms with Gasteiger partial charge < -0.3 is 9.64 Å². The Morgan fingerprint density at radius 2 is 1.87 bits per heavy atom. The molecule has 2 atom stereocenters. The first-order chi connectivity index (χ1) is 14.2. The first-order valence-electron chi connectivity index (χ1n) is 9.14. The summed E-state index contributed by atoms with van der Waals surface area (Å²) >= 11 is 13.3. The number of thioether (sulfide) groups is 1. The molecule has 2 aromatic carbocycles. The van der Waals surface area contributed by atoms with Gasteiger partial charge in [0.05, 0.1) is 17.5 Å². The summed E-state index contributed by atoms with van der Waals surface area (Å²) in [6.45, 7) is 1.68. The van der Waals surface area contributed by atoms with Crippen LogP contribution in [0.25, 0.3) is 0 Å². The third kappa shape index (κ3) is 4.61. The number of rotatable bonds is 4. The van der Waals surface area contributed by atoms with Gasteiger partial charge in [-0.15, -0.1) is 0 Å². The van der Waals surface area contributed by atoms with Crippen molar-refractivity contribution in [3.8, 4) is 5.75 Å². The summed E-state index contributed by atoms with van der Waals surface area (Å²) < 4.78 is 29.8. The van der Waals surface area contributed by atoms with E-state index in [2.05, 4.69) is 4.99 Å². The van der Waals surface area contributed by atoms with Gasteiger partial charge in [0.25, 0.3) is 5.91 Å². The van der Waals surface area contributed by atoms with E-state index in [1.165, 1.54) is 11.8 Å². The highest BCUT2D eigenvalue weighted by Crippen LogP contribution is 2.42. The number of aliphatic imine (C=N–C) groups is 1. The van der Waals surface area contributed by atoms with Gasteiger partial charge in [0, 0.05) is 21.0 Å². The number of hydrogen-bond donors (Lipinski definition) is 0. The molecule has 0 aliphatic carbocycles. The van der Waals surface area contributed by atoms with E-state index in [-0.39, 0.29) is 29.4 Å². The van der Waals surface area contributed by atoms with E-state index >= 15 is 0 Å². The monoisotopic (exact) mass is 484 g/mol. The number of hydrogen-bond acceptors (Lipinski definition) is 5. The summed E-state index contributed by atoms with van der Waals surface area (Å²) in [6, 6.07) is 11.8. The Kier molecular flexibility index (Phi) is 6.03. The first kappa shape index (κ1) is 21.5. The lowest BCUT2D eigenvalue weighted by atomic mass is 10.1. The highest BCUT2D eigenvalue weighted by atomic mass is 35.5. The smallest absolute Gasteiger partial charge is 0.285 e. The SMILES string of the molecule is Cc1ccc(Cl)cc1N1C(=NC(=O)COc2ccc(Cl)cc2)SC2CS(=O)(=O)CC21. The molecule has 2 saturated heterocycles. The number of anilines is 1. The third-order valence-corrected chi connectivity index (χ3v) is 8.59. The largest absolute Gasteiger partial charge is 0.484 e. The van der Waals surface area contributed by atoms with Crippen LogP contribution in [0.3, 0.4) is 0 Å². The molecule has 2 heterocycles. The molecule has 0 saturated carbocycles. The van der Waals surface area contributed by atoms with Gasteiger partial charge in [0.15, 0.2) is 21.6 Å². The van der Waals surface area contributed by atoms with Crippen molar-refractivity contribution < 1.29 is 17.9 Å². The maximum absolute atomic E-state index is 12.5. The van der Waals surface area contributed by atoms with Gasteiger partial charge in [-0.3, -0.25) is 4.79 Å². The standard InChI is InChI=1S/C20H18Cl2N2O4S2/c1-12-2-3-14(22)8-16(12)24-17-10-30(26,27)11-18(17)29-20(24)23-19(25)9-28-15-6-4-13(21)5-7-15/h2-8,17-18H,9-11H2,1H3. The van der Waals surface area contributed by atoms with Gasteiger partial charge >= 0.3 is 0 Å². The minimum atomic E-state index is -3.14. The maximum Gasteiger partial charge on any atom is 0.285 e. The van der Waals surface area contributed by atoms with E-state index in [1.807, 2.05) is 17.9 Å². The van der Waals surface area contributed by atoms with Crippen molar-refractivity contribution in [2.24, 2.45) is 4.99 Å². The van der Waals surface area contributed by atoms with Gasteiger partial charge in [0.2, 0.25) is 0 Å². The van der Waals surface area contributed by atoms with Gasteiger partial charge in [-0.05, 0) is 48.9 Å². The Morgan fingerprint density at radius 3 is 2.60 bits per heavy atom. The Bertz CT molecular complexity index is 1120. The fraction of sp³-hybridized carbons (Fsp3) is 0.300. The number of carbonyl (C=O) groups excluding carboxylic acids is 1. The summed E-state index contributed by atoms with van der Waals surface area (Å²) in [5, 5.41) is 1.39. The van der Waals surface area contributed by atoms with Crippen LogP contribution in [-0.2, 0) is 14.6 Å². The van der Waals surface area contributed by atoms with E-state index in [0.717, 1.165) is 11.3 Å². The molecule has 1 amide bonds. The number of benzene rings is 2. The fourth-order valence-corrected chi connectivity index (χ4v) is 7.72. The maximum atomic E-state index is 12.5. The lowest BCUT2D eigenvalue weighted by Gasteiger charge is -2.26. The van der Waals surface area contributed by atoms with Crippen LogP contribution in [0.4, 0.5) is 5.69 Å². The predicted octanol–water partition coefficient (Wildman–Crippen LogP) is 3.98. The summed E-state index contributed by atoms with van der Waals surface area (Å²) in [5.74, 6) is 0.135.